The van der Waals surface area contributed by atoms with Crippen molar-refractivity contribution in [2.24, 2.45) is 0 Å². The molecule has 0 unspecified atom stereocenters. The van der Waals surface area contributed by atoms with E-state index in [0.29, 0.717) is 0 Å². The zero-order valence-corrected chi connectivity index (χ0v) is 10.9. The van der Waals surface area contributed by atoms with Crippen molar-refractivity contribution in [2.75, 3.05) is 0 Å². The van der Waals surface area contributed by atoms with E-state index in [1.165, 1.54) is 42.5 Å². The number of carbonyl (C=O) groups excluding carboxylic acids is 1. The van der Waals surface area contributed by atoms with E-state index in [9.17, 15) is 19.8 Å². The van der Waals surface area contributed by atoms with Crippen LogP contribution in [0.1, 0.15) is 26.3 Å². The van der Waals surface area contributed by atoms with E-state index in [1.807, 2.05) is 0 Å². The first-order valence-corrected chi connectivity index (χ1v) is 6.06. The first-order valence-electron chi connectivity index (χ1n) is 6.06. The molecule has 0 aromatic heterocycles. The third kappa shape index (κ3) is 3.09. The smallest absolute Gasteiger partial charge is 0.336 e. The number of carboxylic acids is 1. The fraction of sp³-hybridized carbons (Fsp3) is 0. The van der Waals surface area contributed by atoms with Gasteiger partial charge in [0.15, 0.2) is 17.3 Å². The Balaban J connectivity index is 2.32. The number of carbonyl (C=O) groups is 2. The minimum atomic E-state index is -1.19. The molecular weight excluding hydrogens is 272 g/mol. The zero-order valence-electron chi connectivity index (χ0n) is 10.9. The van der Waals surface area contributed by atoms with Crippen LogP contribution in [0, 0.1) is 0 Å². The van der Waals surface area contributed by atoms with Gasteiger partial charge in [-0.2, -0.15) is 0 Å². The molecule has 2 aromatic rings. The Bertz CT molecular complexity index is 731. The highest BCUT2D eigenvalue weighted by atomic mass is 16.4. The summed E-state index contributed by atoms with van der Waals surface area (Å²) in [6.07, 6.45) is 2.46. The maximum Gasteiger partial charge on any atom is 0.336 e. The number of para-hydroxylation sites is 1. The highest BCUT2D eigenvalue weighted by molar-refractivity contribution is 6.12. The second-order valence-electron chi connectivity index (χ2n) is 4.26. The van der Waals surface area contributed by atoms with E-state index in [-0.39, 0.29) is 28.2 Å². The van der Waals surface area contributed by atoms with Gasteiger partial charge >= 0.3 is 5.97 Å². The van der Waals surface area contributed by atoms with Crippen molar-refractivity contribution in [3.8, 4) is 11.5 Å². The Kier molecular flexibility index (Phi) is 4.04. The third-order valence-electron chi connectivity index (χ3n) is 2.88. The molecule has 0 saturated carbocycles. The molecule has 2 aromatic carbocycles. The number of aromatic hydroxyl groups is 2. The lowest BCUT2D eigenvalue weighted by Gasteiger charge is -2.02. The van der Waals surface area contributed by atoms with Gasteiger partial charge in [-0.05, 0) is 24.3 Å². The van der Waals surface area contributed by atoms with Crippen LogP contribution in [-0.2, 0) is 0 Å². The maximum absolute atomic E-state index is 12.0. The van der Waals surface area contributed by atoms with Gasteiger partial charge in [-0.25, -0.2) is 4.79 Å². The predicted octanol–water partition coefficient (Wildman–Crippen LogP) is 2.69. The molecule has 0 saturated heterocycles. The number of phenols is 2. The number of carboxylic acid groups (broad SMARTS) is 1. The van der Waals surface area contributed by atoms with Crippen molar-refractivity contribution < 1.29 is 24.9 Å². The summed E-state index contributed by atoms with van der Waals surface area (Å²) in [6, 6.07) is 10.2. The molecule has 5 nitrogen and oxygen atoms in total. The lowest BCUT2D eigenvalue weighted by atomic mass is 10.0. The van der Waals surface area contributed by atoms with E-state index in [1.54, 1.807) is 6.07 Å². The van der Waals surface area contributed by atoms with Gasteiger partial charge in [-0.1, -0.05) is 30.3 Å². The molecule has 0 aliphatic carbocycles. The van der Waals surface area contributed by atoms with E-state index in [4.69, 9.17) is 5.11 Å². The fourth-order valence-electron chi connectivity index (χ4n) is 1.82. The number of ketones is 1. The highest BCUT2D eigenvalue weighted by Gasteiger charge is 2.13. The van der Waals surface area contributed by atoms with Crippen LogP contribution in [0.15, 0.2) is 48.5 Å². The van der Waals surface area contributed by atoms with Crippen LogP contribution in [0.25, 0.3) is 6.08 Å². The molecule has 21 heavy (non-hydrogen) atoms. The van der Waals surface area contributed by atoms with Crippen LogP contribution in [-0.4, -0.2) is 27.1 Å². The largest absolute Gasteiger partial charge is 0.504 e. The van der Waals surface area contributed by atoms with Crippen molar-refractivity contribution in [3.63, 3.8) is 0 Å². The van der Waals surface area contributed by atoms with Gasteiger partial charge < -0.3 is 15.3 Å². The fourth-order valence-corrected chi connectivity index (χ4v) is 1.82. The van der Waals surface area contributed by atoms with Gasteiger partial charge in [0.25, 0.3) is 0 Å². The lowest BCUT2D eigenvalue weighted by molar-refractivity contribution is 0.0693. The van der Waals surface area contributed by atoms with Crippen LogP contribution in [0.4, 0.5) is 0 Å². The molecule has 5 heteroatoms. The summed E-state index contributed by atoms with van der Waals surface area (Å²) in [5.74, 6) is -2.33. The van der Waals surface area contributed by atoms with Crippen LogP contribution in [0.2, 0.25) is 0 Å². The molecule has 106 valence electrons. The van der Waals surface area contributed by atoms with Crippen molar-refractivity contribution in [1.82, 2.24) is 0 Å². The number of hydrogen-bond donors (Lipinski definition) is 3. The Morgan fingerprint density at radius 1 is 0.905 bits per heavy atom. The molecule has 3 N–H and O–H groups in total. The monoisotopic (exact) mass is 284 g/mol. The Morgan fingerprint density at radius 2 is 1.57 bits per heavy atom. The SMILES string of the molecule is O=C(O)c1ccccc1C(=O)/C=C/c1cccc(O)c1O. The van der Waals surface area contributed by atoms with Crippen molar-refractivity contribution in [1.29, 1.82) is 0 Å². The molecule has 0 heterocycles. The Hall–Kier alpha value is -3.08. The molecule has 0 atom stereocenters. The van der Waals surface area contributed by atoms with Crippen LogP contribution in [0.5, 0.6) is 11.5 Å². The lowest BCUT2D eigenvalue weighted by Crippen LogP contribution is -2.06. The molecule has 2 rings (SSSR count). The van der Waals surface area contributed by atoms with Crippen molar-refractivity contribution in [3.05, 3.63) is 65.2 Å². The molecule has 0 aliphatic heterocycles. The summed E-state index contributed by atoms with van der Waals surface area (Å²) in [7, 11) is 0. The van der Waals surface area contributed by atoms with Crippen LogP contribution >= 0.6 is 0 Å². The van der Waals surface area contributed by atoms with E-state index < -0.39 is 11.8 Å². The Morgan fingerprint density at radius 3 is 2.24 bits per heavy atom. The van der Waals surface area contributed by atoms with Gasteiger partial charge in [-0.3, -0.25) is 4.79 Å². The second-order valence-corrected chi connectivity index (χ2v) is 4.26. The normalized spacial score (nSPS) is 10.7. The summed E-state index contributed by atoms with van der Waals surface area (Å²) in [5, 5.41) is 28.0. The maximum atomic E-state index is 12.0. The number of allylic oxidation sites excluding steroid dienone is 1. The summed E-state index contributed by atoms with van der Waals surface area (Å²) in [5.41, 5.74) is 0.226. The quantitative estimate of drug-likeness (QED) is 0.456. The molecule has 0 bridgehead atoms. The first-order chi connectivity index (χ1) is 10.0. The van der Waals surface area contributed by atoms with Crippen molar-refractivity contribution >= 4 is 17.8 Å². The van der Waals surface area contributed by atoms with Crippen LogP contribution in [0.3, 0.4) is 0 Å². The van der Waals surface area contributed by atoms with E-state index in [2.05, 4.69) is 0 Å². The van der Waals surface area contributed by atoms with Gasteiger partial charge in [0.2, 0.25) is 0 Å². The minimum absolute atomic E-state index is 0.0564. The van der Waals surface area contributed by atoms with Crippen LogP contribution < -0.4 is 0 Å². The number of phenolic OH excluding ortho intramolecular Hbond substituents is 2. The third-order valence-corrected chi connectivity index (χ3v) is 2.88. The summed E-state index contributed by atoms with van der Waals surface area (Å²) in [4.78, 5) is 23.1. The molecular formula is C16H12O5. The van der Waals surface area contributed by atoms with E-state index >= 15 is 0 Å². The minimum Gasteiger partial charge on any atom is -0.504 e. The highest BCUT2D eigenvalue weighted by Crippen LogP contribution is 2.29. The molecule has 0 spiro atoms. The Labute approximate surface area is 120 Å². The molecule has 0 fully saturated rings. The van der Waals surface area contributed by atoms with Crippen molar-refractivity contribution in [2.45, 2.75) is 0 Å². The van der Waals surface area contributed by atoms with Gasteiger partial charge in [0.1, 0.15) is 0 Å². The summed E-state index contributed by atoms with van der Waals surface area (Å²) < 4.78 is 0. The van der Waals surface area contributed by atoms with Gasteiger partial charge in [-0.15, -0.1) is 0 Å². The predicted molar refractivity (Wildman–Crippen MR) is 76.5 cm³/mol. The molecule has 0 radical (unpaired) electrons. The molecule has 0 amide bonds. The number of hydrogen-bond acceptors (Lipinski definition) is 4. The zero-order chi connectivity index (χ0) is 15.4. The number of benzene rings is 2. The number of aromatic carboxylic acids is 1. The summed E-state index contributed by atoms with van der Waals surface area (Å²) >= 11 is 0. The van der Waals surface area contributed by atoms with Gasteiger partial charge in [0.05, 0.1) is 5.56 Å². The number of rotatable bonds is 4. The standard InChI is InChI=1S/C16H12O5/c17-13(11-5-1-2-6-12(11)16(20)21)9-8-10-4-3-7-14(18)15(10)19/h1-9,18-19H,(H,20,21)/b9-8+. The average molecular weight is 284 g/mol. The van der Waals surface area contributed by atoms with Gasteiger partial charge in [0, 0.05) is 11.1 Å². The summed E-state index contributed by atoms with van der Waals surface area (Å²) in [6.45, 7) is 0. The van der Waals surface area contributed by atoms with E-state index in [0.717, 1.165) is 6.08 Å². The topological polar surface area (TPSA) is 94.8 Å². The second kappa shape index (κ2) is 5.92. The first kappa shape index (κ1) is 14.3. The molecule has 0 aliphatic rings. The average Bonchev–Trinajstić information content (AvgIpc) is 2.48.